The first-order chi connectivity index (χ1) is 8.19. The molecule has 0 fully saturated rings. The molecule has 0 saturated heterocycles. The van der Waals surface area contributed by atoms with E-state index >= 15 is 0 Å². The highest BCUT2D eigenvalue weighted by atomic mass is 16.5. The smallest absolute Gasteiger partial charge is 0.354 e. The molecule has 5 heteroatoms. The van der Waals surface area contributed by atoms with Crippen LogP contribution in [0.4, 0.5) is 5.69 Å². The largest absolute Gasteiger partial charge is 0.464 e. The highest BCUT2D eigenvalue weighted by Crippen LogP contribution is 2.11. The Morgan fingerprint density at radius 2 is 2.24 bits per heavy atom. The lowest BCUT2D eigenvalue weighted by molar-refractivity contribution is 0.0584. The Balaban J connectivity index is 2.49. The van der Waals surface area contributed by atoms with E-state index in [-0.39, 0.29) is 5.97 Å². The molecule has 0 amide bonds. The number of nitrogens with two attached hydrogens (primary N) is 1. The van der Waals surface area contributed by atoms with Crippen LogP contribution in [0, 0.1) is 0 Å². The third-order valence-electron chi connectivity index (χ3n) is 2.43. The molecule has 0 spiro atoms. The van der Waals surface area contributed by atoms with Gasteiger partial charge in [-0.05, 0) is 12.5 Å². The maximum atomic E-state index is 11.4. The van der Waals surface area contributed by atoms with E-state index in [2.05, 4.69) is 11.7 Å². The van der Waals surface area contributed by atoms with Crippen LogP contribution >= 0.6 is 0 Å². The van der Waals surface area contributed by atoms with Crippen LogP contribution in [0.1, 0.15) is 30.3 Å². The van der Waals surface area contributed by atoms with Crippen molar-refractivity contribution < 1.29 is 14.3 Å². The van der Waals surface area contributed by atoms with Crippen molar-refractivity contribution in [2.24, 2.45) is 0 Å². The zero-order chi connectivity index (χ0) is 12.7. The first-order valence-corrected chi connectivity index (χ1v) is 5.80. The number of aromatic nitrogens is 1. The Kier molecular flexibility index (Phi) is 5.56. The van der Waals surface area contributed by atoms with Crippen LogP contribution < -0.4 is 5.73 Å². The average Bonchev–Trinajstić information content (AvgIpc) is 2.69. The van der Waals surface area contributed by atoms with Crippen molar-refractivity contribution >= 4 is 11.7 Å². The fourth-order valence-electron chi connectivity index (χ4n) is 1.50. The number of nitrogen functional groups attached to an aromatic ring is 1. The van der Waals surface area contributed by atoms with Crippen molar-refractivity contribution in [3.05, 3.63) is 18.0 Å². The zero-order valence-electron chi connectivity index (χ0n) is 10.4. The number of rotatable bonds is 7. The van der Waals surface area contributed by atoms with Gasteiger partial charge in [-0.1, -0.05) is 13.3 Å². The molecule has 17 heavy (non-hydrogen) atoms. The number of carbonyl (C=O) groups excluding carboxylic acids is 1. The highest BCUT2D eigenvalue weighted by molar-refractivity contribution is 5.88. The minimum atomic E-state index is -0.379. The van der Waals surface area contributed by atoms with Gasteiger partial charge in [-0.25, -0.2) is 4.79 Å². The predicted octanol–water partition coefficient (Wildman–Crippen LogP) is 1.67. The van der Waals surface area contributed by atoms with Crippen LogP contribution in [0.3, 0.4) is 0 Å². The molecule has 5 nitrogen and oxygen atoms in total. The molecule has 2 N–H and O–H groups in total. The summed E-state index contributed by atoms with van der Waals surface area (Å²) in [5.74, 6) is -0.379. The minimum absolute atomic E-state index is 0.379. The molecule has 1 rings (SSSR count). The molecule has 96 valence electrons. The average molecular weight is 240 g/mol. The quantitative estimate of drug-likeness (QED) is 0.581. The Bertz CT molecular complexity index is 361. The maximum Gasteiger partial charge on any atom is 0.354 e. The van der Waals surface area contributed by atoms with E-state index in [0.29, 0.717) is 24.5 Å². The minimum Gasteiger partial charge on any atom is -0.464 e. The molecule has 0 bridgehead atoms. The summed E-state index contributed by atoms with van der Waals surface area (Å²) in [4.78, 5) is 11.4. The van der Waals surface area contributed by atoms with Crippen molar-refractivity contribution in [3.8, 4) is 0 Å². The van der Waals surface area contributed by atoms with E-state index in [1.54, 1.807) is 16.8 Å². The molecule has 0 atom stereocenters. The second-order valence-electron chi connectivity index (χ2n) is 3.81. The number of carbonyl (C=O) groups is 1. The second kappa shape index (κ2) is 6.96. The summed E-state index contributed by atoms with van der Waals surface area (Å²) < 4.78 is 11.9. The van der Waals surface area contributed by atoms with Gasteiger partial charge in [0.2, 0.25) is 0 Å². The monoisotopic (exact) mass is 240 g/mol. The molecular weight excluding hydrogens is 220 g/mol. The summed E-state index contributed by atoms with van der Waals surface area (Å²) in [5.41, 5.74) is 6.67. The van der Waals surface area contributed by atoms with Crippen LogP contribution in [-0.4, -0.2) is 30.9 Å². The van der Waals surface area contributed by atoms with Crippen molar-refractivity contribution in [3.63, 3.8) is 0 Å². The van der Waals surface area contributed by atoms with E-state index < -0.39 is 0 Å². The molecule has 0 aliphatic carbocycles. The summed E-state index contributed by atoms with van der Waals surface area (Å²) in [7, 11) is 1.35. The number of ether oxygens (including phenoxy) is 2. The Morgan fingerprint density at radius 1 is 1.47 bits per heavy atom. The van der Waals surface area contributed by atoms with Crippen molar-refractivity contribution in [1.82, 2.24) is 4.57 Å². The van der Waals surface area contributed by atoms with Crippen LogP contribution in [0.5, 0.6) is 0 Å². The van der Waals surface area contributed by atoms with E-state index in [0.717, 1.165) is 19.4 Å². The molecular formula is C12H20N2O3. The van der Waals surface area contributed by atoms with Crippen molar-refractivity contribution in [1.29, 1.82) is 0 Å². The third-order valence-corrected chi connectivity index (χ3v) is 2.43. The van der Waals surface area contributed by atoms with Crippen LogP contribution in [0.15, 0.2) is 12.3 Å². The third kappa shape index (κ3) is 4.11. The lowest BCUT2D eigenvalue weighted by Crippen LogP contribution is -2.13. The van der Waals surface area contributed by atoms with E-state index in [4.69, 9.17) is 10.5 Å². The molecule has 0 aliphatic rings. The van der Waals surface area contributed by atoms with Gasteiger partial charge in [-0.3, -0.25) is 0 Å². The van der Waals surface area contributed by atoms with Gasteiger partial charge in [0.05, 0.1) is 19.4 Å². The fraction of sp³-hybridized carbons (Fsp3) is 0.583. The normalized spacial score (nSPS) is 10.5. The standard InChI is InChI=1S/C12H20N2O3/c1-3-4-6-17-7-5-14-9-10(13)8-11(14)12(15)16-2/h8-9H,3-7,13H2,1-2H3. The number of hydrogen-bond donors (Lipinski definition) is 1. The van der Waals surface area contributed by atoms with Crippen LogP contribution in [-0.2, 0) is 16.0 Å². The summed E-state index contributed by atoms with van der Waals surface area (Å²) >= 11 is 0. The predicted molar refractivity (Wildman–Crippen MR) is 65.9 cm³/mol. The Hall–Kier alpha value is -1.49. The summed E-state index contributed by atoms with van der Waals surface area (Å²) in [6, 6.07) is 1.61. The molecule has 1 aromatic heterocycles. The van der Waals surface area contributed by atoms with Crippen LogP contribution in [0.2, 0.25) is 0 Å². The molecule has 0 saturated carbocycles. The first kappa shape index (κ1) is 13.6. The Morgan fingerprint density at radius 3 is 2.88 bits per heavy atom. The van der Waals surface area contributed by atoms with Gasteiger partial charge >= 0.3 is 5.97 Å². The second-order valence-corrected chi connectivity index (χ2v) is 3.81. The molecule has 0 aliphatic heterocycles. The van der Waals surface area contributed by atoms with Crippen LogP contribution in [0.25, 0.3) is 0 Å². The summed E-state index contributed by atoms with van der Waals surface area (Å²) in [6.45, 7) is 4.04. The fourth-order valence-corrected chi connectivity index (χ4v) is 1.50. The SMILES string of the molecule is CCCCOCCn1cc(N)cc1C(=O)OC. The number of unbranched alkanes of at least 4 members (excludes halogenated alkanes) is 1. The number of methoxy groups -OCH3 is 1. The Labute approximate surface area is 101 Å². The number of nitrogens with zero attached hydrogens (tertiary/aromatic N) is 1. The van der Waals surface area contributed by atoms with Gasteiger partial charge in [-0.2, -0.15) is 0 Å². The molecule has 0 radical (unpaired) electrons. The maximum absolute atomic E-state index is 11.4. The van der Waals surface area contributed by atoms with E-state index in [9.17, 15) is 4.79 Å². The number of esters is 1. The van der Waals surface area contributed by atoms with Crippen molar-refractivity contribution in [2.45, 2.75) is 26.3 Å². The topological polar surface area (TPSA) is 66.5 Å². The number of anilines is 1. The lowest BCUT2D eigenvalue weighted by Gasteiger charge is -2.08. The first-order valence-electron chi connectivity index (χ1n) is 5.80. The molecule has 0 unspecified atom stereocenters. The van der Waals surface area contributed by atoms with E-state index in [1.165, 1.54) is 7.11 Å². The zero-order valence-corrected chi connectivity index (χ0v) is 10.4. The van der Waals surface area contributed by atoms with Gasteiger partial charge in [-0.15, -0.1) is 0 Å². The van der Waals surface area contributed by atoms with Crippen molar-refractivity contribution in [2.75, 3.05) is 26.1 Å². The van der Waals surface area contributed by atoms with Gasteiger partial charge in [0.1, 0.15) is 5.69 Å². The van der Waals surface area contributed by atoms with Gasteiger partial charge in [0.15, 0.2) is 0 Å². The van der Waals surface area contributed by atoms with Gasteiger partial charge in [0, 0.05) is 19.3 Å². The molecule has 0 aromatic carbocycles. The van der Waals surface area contributed by atoms with Gasteiger partial charge < -0.3 is 19.8 Å². The number of hydrogen-bond acceptors (Lipinski definition) is 4. The van der Waals surface area contributed by atoms with E-state index in [1.807, 2.05) is 0 Å². The summed E-state index contributed by atoms with van der Waals surface area (Å²) in [5, 5.41) is 0. The van der Waals surface area contributed by atoms with Gasteiger partial charge in [0.25, 0.3) is 0 Å². The molecule has 1 heterocycles. The summed E-state index contributed by atoms with van der Waals surface area (Å²) in [6.07, 6.45) is 3.89. The highest BCUT2D eigenvalue weighted by Gasteiger charge is 2.12. The molecule has 1 aromatic rings. The lowest BCUT2D eigenvalue weighted by atomic mass is 10.4.